The lowest BCUT2D eigenvalue weighted by atomic mass is 9.86. The molecule has 1 heterocycles. The Morgan fingerprint density at radius 1 is 1.13 bits per heavy atom. The first-order chi connectivity index (χ1) is 14.7. The van der Waals surface area contributed by atoms with E-state index in [9.17, 15) is 9.59 Å². The normalized spacial score (nSPS) is 14.7. The van der Waals surface area contributed by atoms with E-state index in [0.717, 1.165) is 47.0 Å². The zero-order chi connectivity index (χ0) is 20.9. The molecule has 2 aromatic carbocycles. The van der Waals surface area contributed by atoms with Crippen LogP contribution in [0.1, 0.15) is 36.3 Å². The molecule has 0 unspecified atom stereocenters. The van der Waals surface area contributed by atoms with E-state index in [0.29, 0.717) is 6.54 Å². The monoisotopic (exact) mass is 406 g/mol. The Hall–Kier alpha value is -3.28. The van der Waals surface area contributed by atoms with Crippen molar-refractivity contribution in [1.82, 2.24) is 10.3 Å². The highest BCUT2D eigenvalue weighted by Gasteiger charge is 2.27. The van der Waals surface area contributed by atoms with E-state index in [2.05, 4.69) is 16.4 Å². The Balaban J connectivity index is 1.48. The number of rotatable bonds is 8. The van der Waals surface area contributed by atoms with Crippen LogP contribution in [0.25, 0.3) is 10.9 Å². The van der Waals surface area contributed by atoms with Crippen molar-refractivity contribution in [3.8, 4) is 5.75 Å². The number of hydrogen-bond acceptors (Lipinski definition) is 4. The van der Waals surface area contributed by atoms with Crippen molar-refractivity contribution >= 4 is 22.8 Å². The highest BCUT2D eigenvalue weighted by molar-refractivity contribution is 5.85. The van der Waals surface area contributed by atoms with Crippen molar-refractivity contribution in [2.24, 2.45) is 5.92 Å². The Morgan fingerprint density at radius 3 is 2.60 bits per heavy atom. The minimum Gasteiger partial charge on any atom is -0.497 e. The van der Waals surface area contributed by atoms with Gasteiger partial charge in [-0.1, -0.05) is 36.8 Å². The quantitative estimate of drug-likeness (QED) is 0.558. The molecule has 1 saturated carbocycles. The number of aromatic amines is 1. The van der Waals surface area contributed by atoms with Gasteiger partial charge in [-0.3, -0.25) is 9.59 Å². The summed E-state index contributed by atoms with van der Waals surface area (Å²) in [5.74, 6) is 0.138. The second-order valence-corrected chi connectivity index (χ2v) is 7.65. The fraction of sp³-hybridized carbons (Fsp3) is 0.333. The second-order valence-electron chi connectivity index (χ2n) is 7.65. The molecule has 3 aromatic rings. The fourth-order valence-electron chi connectivity index (χ4n) is 3.79. The van der Waals surface area contributed by atoms with E-state index in [4.69, 9.17) is 9.47 Å². The van der Waals surface area contributed by atoms with Crippen molar-refractivity contribution < 1.29 is 19.1 Å². The van der Waals surface area contributed by atoms with Crippen molar-refractivity contribution in [1.29, 1.82) is 0 Å². The summed E-state index contributed by atoms with van der Waals surface area (Å²) in [6.45, 7) is 0.159. The molecule has 30 heavy (non-hydrogen) atoms. The molecule has 0 bridgehead atoms. The van der Waals surface area contributed by atoms with Crippen molar-refractivity contribution in [3.63, 3.8) is 0 Å². The predicted octanol–water partition coefficient (Wildman–Crippen LogP) is 3.77. The van der Waals surface area contributed by atoms with Gasteiger partial charge in [0.05, 0.1) is 13.0 Å². The number of amides is 1. The number of carbonyl (C=O) groups excluding carboxylic acids is 2. The van der Waals surface area contributed by atoms with Crippen LogP contribution in [-0.2, 0) is 14.3 Å². The van der Waals surface area contributed by atoms with E-state index in [1.54, 1.807) is 7.11 Å². The van der Waals surface area contributed by atoms with Crippen LogP contribution >= 0.6 is 0 Å². The van der Waals surface area contributed by atoms with Crippen LogP contribution in [0.3, 0.4) is 0 Å². The summed E-state index contributed by atoms with van der Waals surface area (Å²) in [7, 11) is 1.64. The summed E-state index contributed by atoms with van der Waals surface area (Å²) >= 11 is 0. The topological polar surface area (TPSA) is 80.4 Å². The third-order valence-corrected chi connectivity index (χ3v) is 5.80. The third kappa shape index (κ3) is 4.32. The van der Waals surface area contributed by atoms with Gasteiger partial charge >= 0.3 is 5.97 Å². The van der Waals surface area contributed by atoms with Crippen LogP contribution < -0.4 is 10.1 Å². The maximum Gasteiger partial charge on any atom is 0.309 e. The van der Waals surface area contributed by atoms with Crippen LogP contribution in [-0.4, -0.2) is 37.1 Å². The zero-order valence-corrected chi connectivity index (χ0v) is 17.0. The number of hydrogen-bond donors (Lipinski definition) is 2. The van der Waals surface area contributed by atoms with Gasteiger partial charge in [0.25, 0.3) is 5.91 Å². The number of H-pyrrole nitrogens is 1. The summed E-state index contributed by atoms with van der Waals surface area (Å²) in [5, 5.41) is 4.05. The highest BCUT2D eigenvalue weighted by Crippen LogP contribution is 2.31. The van der Waals surface area contributed by atoms with E-state index in [1.807, 2.05) is 48.7 Å². The van der Waals surface area contributed by atoms with Gasteiger partial charge in [0.2, 0.25) is 0 Å². The first-order valence-electron chi connectivity index (χ1n) is 10.3. The van der Waals surface area contributed by atoms with E-state index in [1.165, 1.54) is 0 Å². The van der Waals surface area contributed by atoms with Gasteiger partial charge in [-0.05, 0) is 42.2 Å². The van der Waals surface area contributed by atoms with E-state index >= 15 is 0 Å². The number of carbonyl (C=O) groups is 2. The average Bonchev–Trinajstić information content (AvgIpc) is 3.16. The Morgan fingerprint density at radius 2 is 1.90 bits per heavy atom. The molecular formula is C24H26N2O4. The summed E-state index contributed by atoms with van der Waals surface area (Å²) in [6, 6.07) is 15.9. The lowest BCUT2D eigenvalue weighted by Crippen LogP contribution is -2.34. The molecule has 1 atom stereocenters. The molecule has 6 heteroatoms. The van der Waals surface area contributed by atoms with Crippen LogP contribution in [0.5, 0.6) is 5.75 Å². The lowest BCUT2D eigenvalue weighted by Gasteiger charge is -2.23. The van der Waals surface area contributed by atoms with Gasteiger partial charge in [0.1, 0.15) is 5.75 Å². The maximum atomic E-state index is 12.3. The fourth-order valence-corrected chi connectivity index (χ4v) is 3.79. The van der Waals surface area contributed by atoms with Crippen LogP contribution in [0, 0.1) is 5.92 Å². The summed E-state index contributed by atoms with van der Waals surface area (Å²) in [4.78, 5) is 27.5. The molecule has 0 radical (unpaired) electrons. The summed E-state index contributed by atoms with van der Waals surface area (Å²) in [5.41, 5.74) is 3.21. The Labute approximate surface area is 175 Å². The van der Waals surface area contributed by atoms with Gasteiger partial charge in [0, 0.05) is 29.6 Å². The number of methoxy groups -OCH3 is 1. The summed E-state index contributed by atoms with van der Waals surface area (Å²) in [6.07, 6.45) is 4.77. The van der Waals surface area contributed by atoms with Gasteiger partial charge in [-0.15, -0.1) is 0 Å². The Bertz CT molecular complexity index is 1020. The second kappa shape index (κ2) is 9.03. The minimum atomic E-state index is -0.291. The highest BCUT2D eigenvalue weighted by atomic mass is 16.5. The van der Waals surface area contributed by atoms with Gasteiger partial charge < -0.3 is 19.8 Å². The molecule has 1 aromatic heterocycles. The molecule has 0 spiro atoms. The molecule has 2 N–H and O–H groups in total. The van der Waals surface area contributed by atoms with Crippen LogP contribution in [0.4, 0.5) is 0 Å². The first kappa shape index (κ1) is 20.0. The number of esters is 1. The van der Waals surface area contributed by atoms with Crippen molar-refractivity contribution in [2.75, 3.05) is 20.3 Å². The number of ether oxygens (including phenoxy) is 2. The van der Waals surface area contributed by atoms with E-state index < -0.39 is 0 Å². The standard InChI is InChI=1S/C24H26N2O4/c1-29-18-11-9-16(10-12-18)20(21-14-25-22-8-3-2-7-19(21)22)13-26-23(27)15-30-24(28)17-5-4-6-17/h2-3,7-12,14,17,20,25H,4-6,13,15H2,1H3,(H,26,27)/t20-/m0/s1. The molecule has 0 saturated heterocycles. The third-order valence-electron chi connectivity index (χ3n) is 5.80. The molecular weight excluding hydrogens is 380 g/mol. The molecule has 6 nitrogen and oxygen atoms in total. The maximum absolute atomic E-state index is 12.3. The molecule has 1 aliphatic carbocycles. The number of nitrogens with one attached hydrogen (secondary N) is 2. The molecule has 1 aliphatic rings. The van der Waals surface area contributed by atoms with Crippen molar-refractivity contribution in [3.05, 3.63) is 65.9 Å². The molecule has 0 aliphatic heterocycles. The number of fused-ring (bicyclic) bond motifs is 1. The lowest BCUT2D eigenvalue weighted by molar-refractivity contribution is -0.155. The van der Waals surface area contributed by atoms with E-state index in [-0.39, 0.29) is 30.3 Å². The zero-order valence-electron chi connectivity index (χ0n) is 17.0. The SMILES string of the molecule is COc1ccc([C@H](CNC(=O)COC(=O)C2CCC2)c2c[nH]c3ccccc23)cc1. The molecule has 4 rings (SSSR count). The van der Waals surface area contributed by atoms with Crippen LogP contribution in [0.2, 0.25) is 0 Å². The van der Waals surface area contributed by atoms with Gasteiger partial charge in [0.15, 0.2) is 6.61 Å². The van der Waals surface area contributed by atoms with Crippen LogP contribution in [0.15, 0.2) is 54.7 Å². The Kier molecular flexibility index (Phi) is 6.02. The summed E-state index contributed by atoms with van der Waals surface area (Å²) < 4.78 is 10.4. The minimum absolute atomic E-state index is 0.0314. The van der Waals surface area contributed by atoms with Gasteiger partial charge in [-0.2, -0.15) is 0 Å². The largest absolute Gasteiger partial charge is 0.497 e. The first-order valence-corrected chi connectivity index (χ1v) is 10.3. The molecule has 156 valence electrons. The number of benzene rings is 2. The van der Waals surface area contributed by atoms with Crippen molar-refractivity contribution in [2.45, 2.75) is 25.2 Å². The number of para-hydroxylation sites is 1. The smallest absolute Gasteiger partial charge is 0.309 e. The average molecular weight is 406 g/mol. The number of aromatic nitrogens is 1. The predicted molar refractivity (Wildman–Crippen MR) is 114 cm³/mol. The molecule has 1 amide bonds. The molecule has 1 fully saturated rings. The van der Waals surface area contributed by atoms with Gasteiger partial charge in [-0.25, -0.2) is 0 Å².